The number of carbonyl (C=O) groups excluding carboxylic acids is 1. The van der Waals surface area contributed by atoms with Crippen LogP contribution in [0.2, 0.25) is 0 Å². The van der Waals surface area contributed by atoms with Crippen molar-refractivity contribution in [3.63, 3.8) is 0 Å². The molecule has 0 bridgehead atoms. The standard InChI is InChI=1S/C21H23F2N5O3S2/c1-21(2,3)18-25-15-14(17(30)28(5)20(31)27(15)4)16(26-18)32-10-13(29)24-11-6-8-12(9-7-11)33-19(22)23/h6-9,19H,10H2,1-5H3,(H,24,29). The maximum atomic E-state index is 12.8. The average molecular weight is 496 g/mol. The summed E-state index contributed by atoms with van der Waals surface area (Å²) in [5.41, 5.74) is -0.837. The van der Waals surface area contributed by atoms with Gasteiger partial charge in [0.05, 0.1) is 5.75 Å². The van der Waals surface area contributed by atoms with Crippen molar-refractivity contribution in [2.45, 2.75) is 41.9 Å². The first-order valence-corrected chi connectivity index (χ1v) is 11.7. The molecule has 8 nitrogen and oxygen atoms in total. The quantitative estimate of drug-likeness (QED) is 0.414. The molecular weight excluding hydrogens is 472 g/mol. The number of hydrogen-bond donors (Lipinski definition) is 1. The molecule has 0 unspecified atom stereocenters. The van der Waals surface area contributed by atoms with Crippen molar-refractivity contribution in [1.82, 2.24) is 19.1 Å². The summed E-state index contributed by atoms with van der Waals surface area (Å²) in [7, 11) is 2.90. The van der Waals surface area contributed by atoms with Crippen LogP contribution >= 0.6 is 23.5 Å². The van der Waals surface area contributed by atoms with E-state index in [1.54, 1.807) is 0 Å². The monoisotopic (exact) mass is 495 g/mol. The van der Waals surface area contributed by atoms with Gasteiger partial charge in [-0.25, -0.2) is 14.8 Å². The van der Waals surface area contributed by atoms with Crippen molar-refractivity contribution in [2.75, 3.05) is 11.1 Å². The normalized spacial score (nSPS) is 11.9. The SMILES string of the molecule is Cn1c(=O)c2c(SCC(=O)Nc3ccc(SC(F)F)cc3)nc(C(C)(C)C)nc2n(C)c1=O. The zero-order chi connectivity index (χ0) is 24.5. The minimum Gasteiger partial charge on any atom is -0.325 e. The molecule has 0 aliphatic rings. The number of aryl methyl sites for hydroxylation is 1. The first kappa shape index (κ1) is 24.9. The summed E-state index contributed by atoms with van der Waals surface area (Å²) in [5.74, 6) is -2.50. The van der Waals surface area contributed by atoms with Gasteiger partial charge in [0, 0.05) is 30.1 Å². The van der Waals surface area contributed by atoms with Crippen LogP contribution in [0, 0.1) is 0 Å². The van der Waals surface area contributed by atoms with E-state index in [0.29, 0.717) is 33.2 Å². The summed E-state index contributed by atoms with van der Waals surface area (Å²) in [4.78, 5) is 47.1. The number of carbonyl (C=O) groups is 1. The number of fused-ring (bicyclic) bond motifs is 1. The third-order valence-corrected chi connectivity index (χ3v) is 6.34. The molecule has 0 fully saturated rings. The Balaban J connectivity index is 1.89. The van der Waals surface area contributed by atoms with E-state index >= 15 is 0 Å². The molecule has 12 heteroatoms. The summed E-state index contributed by atoms with van der Waals surface area (Å²) in [6, 6.07) is 6.07. The molecular formula is C21H23F2N5O3S2. The zero-order valence-electron chi connectivity index (χ0n) is 18.7. The van der Waals surface area contributed by atoms with Gasteiger partial charge in [0.25, 0.3) is 11.3 Å². The van der Waals surface area contributed by atoms with Crippen LogP contribution in [0.1, 0.15) is 26.6 Å². The van der Waals surface area contributed by atoms with Crippen LogP contribution in [0.4, 0.5) is 14.5 Å². The number of rotatable bonds is 6. The average Bonchev–Trinajstić information content (AvgIpc) is 2.74. The number of benzene rings is 1. The van der Waals surface area contributed by atoms with Crippen LogP contribution < -0.4 is 16.6 Å². The Morgan fingerprint density at radius 3 is 2.30 bits per heavy atom. The van der Waals surface area contributed by atoms with Crippen LogP contribution in [0.25, 0.3) is 11.0 Å². The topological polar surface area (TPSA) is 98.9 Å². The van der Waals surface area contributed by atoms with Crippen LogP contribution in [0.3, 0.4) is 0 Å². The molecule has 0 saturated heterocycles. The molecule has 0 spiro atoms. The minimum atomic E-state index is -2.52. The second-order valence-electron chi connectivity index (χ2n) is 8.25. The lowest BCUT2D eigenvalue weighted by molar-refractivity contribution is -0.113. The van der Waals surface area contributed by atoms with Crippen LogP contribution in [-0.2, 0) is 24.3 Å². The van der Waals surface area contributed by atoms with E-state index in [1.807, 2.05) is 20.8 Å². The Hall–Kier alpha value is -2.73. The van der Waals surface area contributed by atoms with E-state index in [-0.39, 0.29) is 22.7 Å². The Bertz CT molecular complexity index is 1320. The summed E-state index contributed by atoms with van der Waals surface area (Å²) in [5, 5.41) is 3.16. The highest BCUT2D eigenvalue weighted by atomic mass is 32.2. The van der Waals surface area contributed by atoms with E-state index in [9.17, 15) is 23.2 Å². The predicted molar refractivity (Wildman–Crippen MR) is 126 cm³/mol. The van der Waals surface area contributed by atoms with Gasteiger partial charge in [-0.1, -0.05) is 44.3 Å². The van der Waals surface area contributed by atoms with Gasteiger partial charge < -0.3 is 5.32 Å². The molecule has 0 aliphatic heterocycles. The third-order valence-electron chi connectivity index (χ3n) is 4.64. The summed E-state index contributed by atoms with van der Waals surface area (Å²) >= 11 is 1.48. The zero-order valence-corrected chi connectivity index (χ0v) is 20.3. The van der Waals surface area contributed by atoms with Crippen LogP contribution in [0.5, 0.6) is 0 Å². The van der Waals surface area contributed by atoms with E-state index < -0.39 is 22.4 Å². The molecule has 3 rings (SSSR count). The number of halogens is 2. The molecule has 1 N–H and O–H groups in total. The molecule has 0 aliphatic carbocycles. The van der Waals surface area contributed by atoms with Crippen molar-refractivity contribution in [3.8, 4) is 0 Å². The molecule has 0 saturated carbocycles. The minimum absolute atomic E-state index is 0.0603. The first-order chi connectivity index (χ1) is 15.4. The van der Waals surface area contributed by atoms with Crippen molar-refractivity contribution >= 4 is 46.2 Å². The smallest absolute Gasteiger partial charge is 0.325 e. The predicted octanol–water partition coefficient (Wildman–Crippen LogP) is 3.37. The Kier molecular flexibility index (Phi) is 7.27. The van der Waals surface area contributed by atoms with Gasteiger partial charge in [-0.3, -0.25) is 18.7 Å². The molecule has 1 aromatic carbocycles. The fourth-order valence-electron chi connectivity index (χ4n) is 2.92. The number of aromatic nitrogens is 4. The number of alkyl halides is 2. The number of nitrogens with zero attached hydrogens (tertiary/aromatic N) is 4. The van der Waals surface area contributed by atoms with Crippen molar-refractivity contribution < 1.29 is 13.6 Å². The lowest BCUT2D eigenvalue weighted by Gasteiger charge is -2.19. The largest absolute Gasteiger partial charge is 0.332 e. The lowest BCUT2D eigenvalue weighted by atomic mass is 9.96. The number of anilines is 1. The van der Waals surface area contributed by atoms with Gasteiger partial charge in [0.1, 0.15) is 16.2 Å². The maximum absolute atomic E-state index is 12.8. The number of amides is 1. The van der Waals surface area contributed by atoms with Gasteiger partial charge in [-0.05, 0) is 24.3 Å². The molecule has 176 valence electrons. The van der Waals surface area contributed by atoms with Crippen molar-refractivity contribution in [1.29, 1.82) is 0 Å². The van der Waals surface area contributed by atoms with Gasteiger partial charge in [-0.2, -0.15) is 8.78 Å². The summed E-state index contributed by atoms with van der Waals surface area (Å²) < 4.78 is 27.2. The molecule has 2 heterocycles. The van der Waals surface area contributed by atoms with Crippen molar-refractivity contribution in [2.24, 2.45) is 14.1 Å². The lowest BCUT2D eigenvalue weighted by Crippen LogP contribution is -2.38. The van der Waals surface area contributed by atoms with E-state index in [1.165, 1.54) is 42.9 Å². The molecule has 1 amide bonds. The number of nitrogens with one attached hydrogen (secondary N) is 1. The third kappa shape index (κ3) is 5.61. The summed E-state index contributed by atoms with van der Waals surface area (Å²) in [6.07, 6.45) is 0. The van der Waals surface area contributed by atoms with Gasteiger partial charge in [0.15, 0.2) is 5.65 Å². The highest BCUT2D eigenvalue weighted by molar-refractivity contribution is 8.00. The first-order valence-electron chi connectivity index (χ1n) is 9.84. The number of thioether (sulfide) groups is 2. The van der Waals surface area contributed by atoms with E-state index in [2.05, 4.69) is 15.3 Å². The van der Waals surface area contributed by atoms with Gasteiger partial charge in [0.2, 0.25) is 5.91 Å². The highest BCUT2D eigenvalue weighted by Gasteiger charge is 2.24. The van der Waals surface area contributed by atoms with E-state index in [0.717, 1.165) is 16.3 Å². The molecule has 33 heavy (non-hydrogen) atoms. The second kappa shape index (κ2) is 9.64. The van der Waals surface area contributed by atoms with E-state index in [4.69, 9.17) is 0 Å². The highest BCUT2D eigenvalue weighted by Crippen LogP contribution is 2.28. The Morgan fingerprint density at radius 2 is 1.73 bits per heavy atom. The van der Waals surface area contributed by atoms with Crippen LogP contribution in [-0.4, -0.2) is 36.5 Å². The van der Waals surface area contributed by atoms with Crippen molar-refractivity contribution in [3.05, 3.63) is 50.9 Å². The summed E-state index contributed by atoms with van der Waals surface area (Å²) in [6.45, 7) is 5.72. The maximum Gasteiger partial charge on any atom is 0.332 e. The molecule has 0 atom stereocenters. The van der Waals surface area contributed by atoms with Gasteiger partial charge >= 0.3 is 5.69 Å². The fourth-order valence-corrected chi connectivity index (χ4v) is 4.23. The Morgan fingerprint density at radius 1 is 1.09 bits per heavy atom. The van der Waals surface area contributed by atoms with Crippen LogP contribution in [0.15, 0.2) is 43.8 Å². The second-order valence-corrected chi connectivity index (χ2v) is 10.3. The molecule has 2 aromatic heterocycles. The fraction of sp³-hybridized carbons (Fsp3) is 0.381. The molecule has 0 radical (unpaired) electrons. The van der Waals surface area contributed by atoms with Gasteiger partial charge in [-0.15, -0.1) is 0 Å². The molecule has 3 aromatic rings. The number of hydrogen-bond acceptors (Lipinski definition) is 7. The Labute approximate surface area is 196 Å².